The van der Waals surface area contributed by atoms with E-state index in [1.807, 2.05) is 6.07 Å². The molecule has 5 rings (SSSR count). The maximum atomic E-state index is 13.7. The van der Waals surface area contributed by atoms with E-state index in [1.165, 1.54) is 0 Å². The van der Waals surface area contributed by atoms with Crippen molar-refractivity contribution in [2.45, 2.75) is 88.0 Å². The maximum absolute atomic E-state index is 13.7. The van der Waals surface area contributed by atoms with Crippen molar-refractivity contribution in [3.8, 4) is 0 Å². The quantitative estimate of drug-likeness (QED) is 0.486. The van der Waals surface area contributed by atoms with Crippen molar-refractivity contribution < 1.29 is 27.2 Å². The molecule has 2 atom stereocenters. The fraction of sp³-hybridized carbons (Fsp3) is 0.680. The van der Waals surface area contributed by atoms with Gasteiger partial charge in [0.1, 0.15) is 0 Å². The zero-order valence-electron chi connectivity index (χ0n) is 19.9. The van der Waals surface area contributed by atoms with Gasteiger partial charge in [-0.05, 0) is 55.1 Å². The summed E-state index contributed by atoms with van der Waals surface area (Å²) in [5.41, 5.74) is 7.37. The second-order valence-electron chi connectivity index (χ2n) is 10.9. The number of nitrogens with zero attached hydrogens (tertiary/aromatic N) is 3. The molecule has 0 radical (unpaired) electrons. The third-order valence-electron chi connectivity index (χ3n) is 7.91. The number of fused-ring (bicyclic) bond motifs is 1. The minimum atomic E-state index is -2.68. The van der Waals surface area contributed by atoms with E-state index in [-0.39, 0.29) is 74.1 Å². The van der Waals surface area contributed by atoms with Gasteiger partial charge >= 0.3 is 0 Å². The van der Waals surface area contributed by atoms with Gasteiger partial charge in [-0.3, -0.25) is 9.59 Å². The number of carbonyl (C=O) groups is 2. The summed E-state index contributed by atoms with van der Waals surface area (Å²) < 4.78 is 55.2. The van der Waals surface area contributed by atoms with Crippen LogP contribution in [0.25, 0.3) is 5.65 Å². The molecule has 0 unspecified atom stereocenters. The van der Waals surface area contributed by atoms with Gasteiger partial charge in [-0.25, -0.2) is 27.1 Å². The highest BCUT2D eigenvalue weighted by Gasteiger charge is 2.46. The summed E-state index contributed by atoms with van der Waals surface area (Å²) in [6.45, 7) is 0. The summed E-state index contributed by atoms with van der Waals surface area (Å²) >= 11 is 0. The SMILES string of the molecule is NC(=O)C[C@H](c1cn2ncc([C@H](NC(=O)CC3CC(F)(F)C3)C3CC3)cc2n1)C1CCC(F)(F)CC1. The van der Waals surface area contributed by atoms with Crippen LogP contribution in [-0.2, 0) is 9.59 Å². The van der Waals surface area contributed by atoms with E-state index < -0.39 is 17.8 Å². The number of imidazole rings is 1. The molecule has 2 aromatic rings. The van der Waals surface area contributed by atoms with Crippen LogP contribution in [0.1, 0.15) is 87.4 Å². The van der Waals surface area contributed by atoms with Crippen molar-refractivity contribution in [3.05, 3.63) is 29.7 Å². The van der Waals surface area contributed by atoms with Gasteiger partial charge in [-0.2, -0.15) is 5.10 Å². The van der Waals surface area contributed by atoms with Gasteiger partial charge in [0.15, 0.2) is 5.65 Å². The Morgan fingerprint density at radius 3 is 2.39 bits per heavy atom. The Labute approximate surface area is 206 Å². The minimum Gasteiger partial charge on any atom is -0.370 e. The Bertz CT molecular complexity index is 1130. The molecule has 3 aliphatic rings. The Morgan fingerprint density at radius 1 is 1.08 bits per heavy atom. The van der Waals surface area contributed by atoms with Gasteiger partial charge in [-0.1, -0.05) is 0 Å². The number of halogens is 4. The van der Waals surface area contributed by atoms with E-state index in [9.17, 15) is 27.2 Å². The summed E-state index contributed by atoms with van der Waals surface area (Å²) in [5.74, 6) is -6.62. The fourth-order valence-corrected chi connectivity index (χ4v) is 5.78. The van der Waals surface area contributed by atoms with Gasteiger partial charge in [0, 0.05) is 44.4 Å². The number of nitrogens with two attached hydrogens (primary N) is 1. The van der Waals surface area contributed by atoms with E-state index in [4.69, 9.17) is 5.73 Å². The molecule has 3 saturated carbocycles. The van der Waals surface area contributed by atoms with Crippen molar-refractivity contribution in [2.75, 3.05) is 0 Å². The smallest absolute Gasteiger partial charge is 0.248 e. The maximum Gasteiger partial charge on any atom is 0.248 e. The number of alkyl halides is 4. The molecule has 2 aromatic heterocycles. The van der Waals surface area contributed by atoms with E-state index in [0.29, 0.717) is 24.2 Å². The van der Waals surface area contributed by atoms with Crippen LogP contribution in [0.5, 0.6) is 0 Å². The summed E-state index contributed by atoms with van der Waals surface area (Å²) in [6.07, 6.45) is 5.02. The Morgan fingerprint density at radius 2 is 1.78 bits per heavy atom. The van der Waals surface area contributed by atoms with Crippen LogP contribution in [0.15, 0.2) is 18.5 Å². The van der Waals surface area contributed by atoms with Crippen LogP contribution in [-0.4, -0.2) is 38.3 Å². The second kappa shape index (κ2) is 9.30. The first-order valence-corrected chi connectivity index (χ1v) is 12.7. The average Bonchev–Trinajstić information content (AvgIpc) is 3.52. The molecule has 196 valence electrons. The van der Waals surface area contributed by atoms with Crippen LogP contribution < -0.4 is 11.1 Å². The number of hydrogen-bond acceptors (Lipinski definition) is 4. The zero-order valence-corrected chi connectivity index (χ0v) is 19.9. The lowest BCUT2D eigenvalue weighted by atomic mass is 9.76. The van der Waals surface area contributed by atoms with Gasteiger partial charge < -0.3 is 11.1 Å². The highest BCUT2D eigenvalue weighted by atomic mass is 19.3. The molecule has 3 fully saturated rings. The normalized spacial score (nSPS) is 23.7. The van der Waals surface area contributed by atoms with E-state index in [1.54, 1.807) is 16.9 Å². The molecular weight excluding hydrogens is 478 g/mol. The van der Waals surface area contributed by atoms with Crippen molar-refractivity contribution in [2.24, 2.45) is 23.5 Å². The van der Waals surface area contributed by atoms with Crippen LogP contribution in [0.3, 0.4) is 0 Å². The molecule has 2 heterocycles. The molecular formula is C25H31F4N5O2. The third-order valence-corrected chi connectivity index (χ3v) is 7.91. The lowest BCUT2D eigenvalue weighted by Gasteiger charge is -2.34. The van der Waals surface area contributed by atoms with Crippen LogP contribution in [0.2, 0.25) is 0 Å². The summed E-state index contributed by atoms with van der Waals surface area (Å²) in [4.78, 5) is 29.0. The van der Waals surface area contributed by atoms with Crippen LogP contribution in [0, 0.1) is 17.8 Å². The molecule has 0 spiro atoms. The molecule has 3 N–H and O–H groups in total. The molecule has 3 aliphatic carbocycles. The lowest BCUT2D eigenvalue weighted by molar-refractivity contribution is -0.134. The predicted molar refractivity (Wildman–Crippen MR) is 122 cm³/mol. The number of rotatable bonds is 9. The highest BCUT2D eigenvalue weighted by molar-refractivity contribution is 5.77. The first-order chi connectivity index (χ1) is 17.0. The first-order valence-electron chi connectivity index (χ1n) is 12.7. The van der Waals surface area contributed by atoms with E-state index in [0.717, 1.165) is 18.4 Å². The van der Waals surface area contributed by atoms with Crippen molar-refractivity contribution in [1.29, 1.82) is 0 Å². The monoisotopic (exact) mass is 509 g/mol. The number of aromatic nitrogens is 3. The fourth-order valence-electron chi connectivity index (χ4n) is 5.78. The number of nitrogens with one attached hydrogen (secondary N) is 1. The molecule has 0 bridgehead atoms. The molecule has 0 aliphatic heterocycles. The van der Waals surface area contributed by atoms with Gasteiger partial charge in [0.25, 0.3) is 0 Å². The number of hydrogen-bond donors (Lipinski definition) is 2. The van der Waals surface area contributed by atoms with Gasteiger partial charge in [0.05, 0.1) is 24.1 Å². The third kappa shape index (κ3) is 5.64. The molecule has 11 heteroatoms. The first kappa shape index (κ1) is 25.0. The standard InChI is InChI=1S/C25H31F4N5O2/c26-24(27)5-3-15(4-6-24)18(9-20(30)35)19-13-34-21(32-19)8-17(12-31-34)23(16-1-2-16)33-22(36)7-14-10-25(28,29)11-14/h8,12-16,18,23H,1-7,9-11H2,(H2,30,35)(H,33,36)/t18-,23+/m0/s1. The van der Waals surface area contributed by atoms with Gasteiger partial charge in [0.2, 0.25) is 23.7 Å². The highest BCUT2D eigenvalue weighted by Crippen LogP contribution is 2.46. The molecule has 36 heavy (non-hydrogen) atoms. The predicted octanol–water partition coefficient (Wildman–Crippen LogP) is 4.52. The summed E-state index contributed by atoms with van der Waals surface area (Å²) in [7, 11) is 0. The Hall–Kier alpha value is -2.72. The van der Waals surface area contributed by atoms with E-state index in [2.05, 4.69) is 15.4 Å². The summed E-state index contributed by atoms with van der Waals surface area (Å²) in [5, 5.41) is 7.45. The van der Waals surface area contributed by atoms with Gasteiger partial charge in [-0.15, -0.1) is 0 Å². The largest absolute Gasteiger partial charge is 0.370 e. The van der Waals surface area contributed by atoms with Crippen LogP contribution >= 0.6 is 0 Å². The van der Waals surface area contributed by atoms with Crippen LogP contribution in [0.4, 0.5) is 17.6 Å². The Balaban J connectivity index is 1.32. The Kier molecular flexibility index (Phi) is 6.45. The minimum absolute atomic E-state index is 0.0218. The lowest BCUT2D eigenvalue weighted by Crippen LogP contribution is -2.39. The molecule has 7 nitrogen and oxygen atoms in total. The molecule has 2 amide bonds. The van der Waals surface area contributed by atoms with E-state index >= 15 is 0 Å². The molecule has 0 aromatic carbocycles. The zero-order chi connectivity index (χ0) is 25.7. The van der Waals surface area contributed by atoms with Crippen molar-refractivity contribution in [1.82, 2.24) is 19.9 Å². The van der Waals surface area contributed by atoms with Crippen molar-refractivity contribution in [3.63, 3.8) is 0 Å². The number of carbonyl (C=O) groups excluding carboxylic acids is 2. The molecule has 0 saturated heterocycles. The average molecular weight is 510 g/mol. The summed E-state index contributed by atoms with van der Waals surface area (Å²) in [6, 6.07) is 1.55. The number of primary amides is 1. The topological polar surface area (TPSA) is 102 Å². The second-order valence-corrected chi connectivity index (χ2v) is 10.9. The number of amides is 2. The van der Waals surface area contributed by atoms with Crippen molar-refractivity contribution >= 4 is 17.5 Å².